The number of rotatable bonds is 3. The zero-order valence-corrected chi connectivity index (χ0v) is 25.2. The van der Waals surface area contributed by atoms with Gasteiger partial charge >= 0.3 is 17.7 Å². The van der Waals surface area contributed by atoms with E-state index in [1.807, 2.05) is 0 Å². The lowest BCUT2D eigenvalue weighted by atomic mass is 9.42. The Balaban J connectivity index is 1.13. The van der Waals surface area contributed by atoms with Crippen LogP contribution in [0.25, 0.3) is 0 Å². The molecule has 7 rings (SSSR count). The number of aliphatic hydroxyl groups is 1. The van der Waals surface area contributed by atoms with Crippen LogP contribution in [0.3, 0.4) is 0 Å². The number of carbonyl (C=O) groups is 2. The van der Waals surface area contributed by atoms with Crippen LogP contribution in [0.2, 0.25) is 0 Å². The lowest BCUT2D eigenvalue weighted by Gasteiger charge is -2.64. The molecule has 0 radical (unpaired) electrons. The normalized spacial score (nSPS) is 46.1. The maximum Gasteiger partial charge on any atom is 0.410 e. The summed E-state index contributed by atoms with van der Waals surface area (Å²) in [6.45, 7) is 8.93. The molecule has 3 heterocycles. The van der Waals surface area contributed by atoms with Crippen molar-refractivity contribution in [1.82, 2.24) is 9.80 Å². The number of epoxide rings is 1. The molecule has 4 aliphatic carbocycles. The molecule has 0 bridgehead atoms. The maximum absolute atomic E-state index is 13.0. The number of carbonyl (C=O) groups excluding carboxylic acids is 2. The first-order valence-corrected chi connectivity index (χ1v) is 15.7. The van der Waals surface area contributed by atoms with Crippen LogP contribution in [0.1, 0.15) is 77.2 Å². The average molecular weight is 585 g/mol. The standard InChI is InChI=1S/C32H44N2O8/c1-19(35)40-26-25(20-5-6-24(36)39-18-20)30(3)11-8-22-23(32(30)27(26)42-32)9-12-31(38)17-21(7-10-29(22,31)2)41-28(37)34-15-13-33(4)14-16-34/h5-6,18,21-23,25-27,38H,7-17H2,1-4H3/t21-,22-,23+,25-,26+,27+,29+,30+,31-,32+/m0/s1. The molecule has 230 valence electrons. The first-order chi connectivity index (χ1) is 19.9. The topological polar surface area (TPSA) is 122 Å². The number of nitrogens with zero attached hydrogens (tertiary/aromatic N) is 2. The van der Waals surface area contributed by atoms with Gasteiger partial charge in [-0.05, 0) is 74.5 Å². The van der Waals surface area contributed by atoms with E-state index in [1.54, 1.807) is 11.0 Å². The quantitative estimate of drug-likeness (QED) is 0.421. The lowest BCUT2D eigenvalue weighted by Crippen LogP contribution is -2.65. The van der Waals surface area contributed by atoms with Crippen LogP contribution in [-0.4, -0.2) is 89.7 Å². The van der Waals surface area contributed by atoms with Crippen LogP contribution in [0.4, 0.5) is 4.79 Å². The smallest absolute Gasteiger partial charge is 0.410 e. The summed E-state index contributed by atoms with van der Waals surface area (Å²) in [6.07, 6.45) is 5.43. The highest BCUT2D eigenvalue weighted by molar-refractivity contribution is 5.68. The average Bonchev–Trinajstić information content (AvgIpc) is 3.64. The highest BCUT2D eigenvalue weighted by Crippen LogP contribution is 2.78. The summed E-state index contributed by atoms with van der Waals surface area (Å²) in [5, 5.41) is 12.3. The van der Waals surface area contributed by atoms with E-state index in [2.05, 4.69) is 25.8 Å². The van der Waals surface area contributed by atoms with Crippen molar-refractivity contribution in [3.63, 3.8) is 0 Å². The molecule has 0 unspecified atom stereocenters. The van der Waals surface area contributed by atoms with E-state index in [1.165, 1.54) is 19.3 Å². The second-order valence-electron chi connectivity index (χ2n) is 14.5. The van der Waals surface area contributed by atoms with Crippen LogP contribution < -0.4 is 5.63 Å². The van der Waals surface area contributed by atoms with Gasteiger partial charge in [0.1, 0.15) is 23.9 Å². The van der Waals surface area contributed by atoms with Crippen LogP contribution in [-0.2, 0) is 19.0 Å². The number of likely N-dealkylation sites (N-methyl/N-ethyl adjacent to an activating group) is 1. The molecule has 1 amide bonds. The molecule has 1 aromatic rings. The Hall–Kier alpha value is -2.43. The Bertz CT molecular complexity index is 1310. The number of hydrogen-bond donors (Lipinski definition) is 1. The largest absolute Gasteiger partial charge is 0.459 e. The third-order valence-corrected chi connectivity index (χ3v) is 12.6. The lowest BCUT2D eigenvalue weighted by molar-refractivity contribution is -0.224. The van der Waals surface area contributed by atoms with Crippen molar-refractivity contribution < 1.29 is 33.3 Å². The number of fused-ring (bicyclic) bond motifs is 3. The third kappa shape index (κ3) is 3.90. The minimum absolute atomic E-state index is 0.149. The van der Waals surface area contributed by atoms with Crippen LogP contribution >= 0.6 is 0 Å². The molecule has 10 nitrogen and oxygen atoms in total. The third-order valence-electron chi connectivity index (χ3n) is 12.6. The Morgan fingerprint density at radius 3 is 2.38 bits per heavy atom. The summed E-state index contributed by atoms with van der Waals surface area (Å²) < 4.78 is 23.9. The van der Waals surface area contributed by atoms with E-state index in [0.717, 1.165) is 50.8 Å². The Morgan fingerprint density at radius 1 is 0.976 bits per heavy atom. The molecule has 0 aromatic carbocycles. The molecule has 6 fully saturated rings. The highest BCUT2D eigenvalue weighted by atomic mass is 16.7. The van der Waals surface area contributed by atoms with Crippen molar-refractivity contribution in [2.24, 2.45) is 22.7 Å². The van der Waals surface area contributed by atoms with Gasteiger partial charge in [-0.15, -0.1) is 0 Å². The van der Waals surface area contributed by atoms with Gasteiger partial charge in [-0.2, -0.15) is 0 Å². The SMILES string of the molecule is CC(=O)O[C@H]1[C@H]2O[C@]23[C@@H]2CC[C@]4(O)C[C@@H](OC(=O)N5CCN(C)CC5)CC[C@]4(C)[C@H]2CC[C@]3(C)[C@H]1c1ccc(=O)oc1. The van der Waals surface area contributed by atoms with Crippen LogP contribution in [0, 0.1) is 22.7 Å². The zero-order valence-electron chi connectivity index (χ0n) is 25.2. The van der Waals surface area contributed by atoms with Crippen molar-refractivity contribution >= 4 is 12.1 Å². The molecule has 2 aliphatic heterocycles. The van der Waals surface area contributed by atoms with Crippen LogP contribution in [0.15, 0.2) is 27.6 Å². The molecule has 4 saturated carbocycles. The van der Waals surface area contributed by atoms with E-state index >= 15 is 0 Å². The van der Waals surface area contributed by atoms with Crippen molar-refractivity contribution in [3.8, 4) is 0 Å². The molecule has 1 aromatic heterocycles. The van der Waals surface area contributed by atoms with Gasteiger partial charge in [-0.25, -0.2) is 9.59 Å². The Labute approximate surface area is 246 Å². The maximum atomic E-state index is 13.0. The van der Waals surface area contributed by atoms with Gasteiger partial charge in [0.2, 0.25) is 0 Å². The predicted molar refractivity (Wildman–Crippen MR) is 151 cm³/mol. The molecule has 10 heteroatoms. The van der Waals surface area contributed by atoms with Gasteiger partial charge in [-0.1, -0.05) is 13.8 Å². The van der Waals surface area contributed by atoms with E-state index in [0.29, 0.717) is 25.9 Å². The summed E-state index contributed by atoms with van der Waals surface area (Å²) in [7, 11) is 2.06. The van der Waals surface area contributed by atoms with E-state index in [9.17, 15) is 19.5 Å². The van der Waals surface area contributed by atoms with Gasteiger partial charge in [0, 0.05) is 56.9 Å². The molecular formula is C32H44N2O8. The van der Waals surface area contributed by atoms with E-state index < -0.39 is 22.9 Å². The molecule has 10 atom stereocenters. The van der Waals surface area contributed by atoms with Crippen molar-refractivity contribution in [2.45, 2.75) is 101 Å². The van der Waals surface area contributed by atoms with Crippen LogP contribution in [0.5, 0.6) is 0 Å². The van der Waals surface area contributed by atoms with Gasteiger partial charge < -0.3 is 33.5 Å². The Kier molecular flexibility index (Phi) is 6.43. The summed E-state index contributed by atoms with van der Waals surface area (Å²) >= 11 is 0. The van der Waals surface area contributed by atoms with Crippen molar-refractivity contribution in [1.29, 1.82) is 0 Å². The molecule has 42 heavy (non-hydrogen) atoms. The van der Waals surface area contributed by atoms with E-state index in [4.69, 9.17) is 18.6 Å². The van der Waals surface area contributed by atoms with Gasteiger partial charge in [0.25, 0.3) is 0 Å². The minimum atomic E-state index is -0.926. The number of piperazine rings is 1. The second kappa shape index (κ2) is 9.53. The minimum Gasteiger partial charge on any atom is -0.459 e. The molecule has 2 saturated heterocycles. The fourth-order valence-electron chi connectivity index (χ4n) is 10.4. The number of hydrogen-bond acceptors (Lipinski definition) is 9. The highest BCUT2D eigenvalue weighted by Gasteiger charge is 2.85. The Morgan fingerprint density at radius 2 is 1.69 bits per heavy atom. The fraction of sp³-hybridized carbons (Fsp3) is 0.781. The first kappa shape index (κ1) is 28.3. The monoisotopic (exact) mass is 584 g/mol. The molecular weight excluding hydrogens is 540 g/mol. The summed E-state index contributed by atoms with van der Waals surface area (Å²) in [6, 6.07) is 3.23. The summed E-state index contributed by atoms with van der Waals surface area (Å²) in [5.41, 5.74) is -1.60. The number of esters is 1. The molecule has 6 aliphatic rings. The fourth-order valence-corrected chi connectivity index (χ4v) is 10.4. The van der Waals surface area contributed by atoms with Crippen molar-refractivity contribution in [2.75, 3.05) is 33.2 Å². The van der Waals surface area contributed by atoms with E-state index in [-0.39, 0.29) is 52.9 Å². The first-order valence-electron chi connectivity index (χ1n) is 15.7. The summed E-state index contributed by atoms with van der Waals surface area (Å²) in [4.78, 5) is 41.0. The van der Waals surface area contributed by atoms with Crippen molar-refractivity contribution in [3.05, 3.63) is 34.4 Å². The molecule has 1 spiro atoms. The predicted octanol–water partition coefficient (Wildman–Crippen LogP) is 3.31. The van der Waals surface area contributed by atoms with Gasteiger partial charge in [0.05, 0.1) is 11.9 Å². The number of amides is 1. The number of ether oxygens (including phenoxy) is 3. The van der Waals surface area contributed by atoms with Gasteiger partial charge in [0.15, 0.2) is 0 Å². The molecule has 1 N–H and O–H groups in total. The van der Waals surface area contributed by atoms with Gasteiger partial charge in [-0.3, -0.25) is 4.79 Å². The second-order valence-corrected chi connectivity index (χ2v) is 14.5. The summed E-state index contributed by atoms with van der Waals surface area (Å²) in [5.74, 6) is -0.0613. The zero-order chi connectivity index (χ0) is 29.7.